The van der Waals surface area contributed by atoms with Crippen molar-refractivity contribution < 1.29 is 14.3 Å². The minimum Gasteiger partial charge on any atom is -0.444 e. The van der Waals surface area contributed by atoms with Crippen molar-refractivity contribution in [2.45, 2.75) is 64.6 Å². The van der Waals surface area contributed by atoms with Crippen molar-refractivity contribution in [3.63, 3.8) is 0 Å². The molecule has 20 heavy (non-hydrogen) atoms. The maximum absolute atomic E-state index is 11.7. The molecule has 4 nitrogen and oxygen atoms in total. The van der Waals surface area contributed by atoms with Gasteiger partial charge in [-0.05, 0) is 46.5 Å². The third-order valence-corrected chi connectivity index (χ3v) is 4.81. The van der Waals surface area contributed by atoms with E-state index in [9.17, 15) is 4.79 Å². The number of ether oxygens (including phenoxy) is 2. The number of halogens is 1. The van der Waals surface area contributed by atoms with E-state index in [0.29, 0.717) is 6.54 Å². The van der Waals surface area contributed by atoms with Crippen LogP contribution in [-0.2, 0) is 9.47 Å². The fourth-order valence-corrected chi connectivity index (χ4v) is 2.30. The zero-order valence-electron chi connectivity index (χ0n) is 13.1. The molecule has 0 spiro atoms. The largest absolute Gasteiger partial charge is 0.444 e. The maximum Gasteiger partial charge on any atom is 0.407 e. The minimum absolute atomic E-state index is 0.318. The van der Waals surface area contributed by atoms with E-state index in [1.807, 2.05) is 27.7 Å². The maximum atomic E-state index is 11.7. The number of hydrogen-bond donors (Lipinski definition) is 1. The van der Waals surface area contributed by atoms with Gasteiger partial charge in [0.1, 0.15) is 5.60 Å². The van der Waals surface area contributed by atoms with Crippen LogP contribution in [0.15, 0.2) is 0 Å². The van der Waals surface area contributed by atoms with Crippen LogP contribution in [0.3, 0.4) is 0 Å². The molecule has 1 rings (SSSR count). The van der Waals surface area contributed by atoms with Gasteiger partial charge in [0.2, 0.25) is 0 Å². The SMILES string of the molecule is CC(C)(C)OC(=O)NCC(C)(CI)OCCCC1CC1. The van der Waals surface area contributed by atoms with Crippen molar-refractivity contribution >= 4 is 28.7 Å². The molecule has 0 aromatic carbocycles. The molecule has 1 atom stereocenters. The predicted octanol–water partition coefficient (Wildman–Crippen LogP) is 3.91. The van der Waals surface area contributed by atoms with Crippen molar-refractivity contribution in [2.75, 3.05) is 17.6 Å². The standard InChI is InChI=1S/C15H28INO3/c1-14(2,3)20-13(18)17-11-15(4,10-16)19-9-5-6-12-7-8-12/h12H,5-11H2,1-4H3,(H,17,18). The van der Waals surface area contributed by atoms with Gasteiger partial charge >= 0.3 is 6.09 Å². The normalized spacial score (nSPS) is 18.4. The quantitative estimate of drug-likeness (QED) is 0.384. The van der Waals surface area contributed by atoms with Crippen molar-refractivity contribution in [3.8, 4) is 0 Å². The first-order valence-corrected chi connectivity index (χ1v) is 8.93. The van der Waals surface area contributed by atoms with Gasteiger partial charge in [0.15, 0.2) is 0 Å². The van der Waals surface area contributed by atoms with E-state index in [-0.39, 0.29) is 11.7 Å². The molecule has 0 radical (unpaired) electrons. The molecule has 118 valence electrons. The van der Waals surface area contributed by atoms with Crippen LogP contribution in [0.4, 0.5) is 4.79 Å². The van der Waals surface area contributed by atoms with Gasteiger partial charge in [0, 0.05) is 11.0 Å². The highest BCUT2D eigenvalue weighted by molar-refractivity contribution is 14.1. The summed E-state index contributed by atoms with van der Waals surface area (Å²) >= 11 is 2.30. The number of carbonyl (C=O) groups excluding carboxylic acids is 1. The van der Waals surface area contributed by atoms with Gasteiger partial charge in [-0.15, -0.1) is 0 Å². The van der Waals surface area contributed by atoms with E-state index >= 15 is 0 Å². The molecule has 1 amide bonds. The third kappa shape index (κ3) is 8.29. The summed E-state index contributed by atoms with van der Waals surface area (Å²) < 4.78 is 12.0. The highest BCUT2D eigenvalue weighted by Crippen LogP contribution is 2.33. The monoisotopic (exact) mass is 397 g/mol. The predicted molar refractivity (Wildman–Crippen MR) is 89.4 cm³/mol. The van der Waals surface area contributed by atoms with Gasteiger partial charge in [0.05, 0.1) is 12.1 Å². The molecule has 0 saturated heterocycles. The van der Waals surface area contributed by atoms with E-state index < -0.39 is 5.60 Å². The number of carbonyl (C=O) groups is 1. The average molecular weight is 397 g/mol. The van der Waals surface area contributed by atoms with Crippen LogP contribution < -0.4 is 5.32 Å². The summed E-state index contributed by atoms with van der Waals surface area (Å²) in [5.74, 6) is 0.948. The molecule has 1 N–H and O–H groups in total. The van der Waals surface area contributed by atoms with E-state index in [1.165, 1.54) is 19.3 Å². The van der Waals surface area contributed by atoms with E-state index in [2.05, 4.69) is 27.9 Å². The highest BCUT2D eigenvalue weighted by Gasteiger charge is 2.26. The lowest BCUT2D eigenvalue weighted by Crippen LogP contribution is -2.45. The summed E-state index contributed by atoms with van der Waals surface area (Å²) in [4.78, 5) is 11.7. The fourth-order valence-electron chi connectivity index (χ4n) is 1.81. The zero-order valence-corrected chi connectivity index (χ0v) is 15.3. The number of amides is 1. The van der Waals surface area contributed by atoms with Crippen molar-refractivity contribution in [3.05, 3.63) is 0 Å². The Morgan fingerprint density at radius 3 is 2.45 bits per heavy atom. The first-order chi connectivity index (χ1) is 9.24. The smallest absolute Gasteiger partial charge is 0.407 e. The molecule has 1 saturated carbocycles. The Bertz CT molecular complexity index is 313. The summed E-state index contributed by atoms with van der Waals surface area (Å²) in [5.41, 5.74) is -0.781. The van der Waals surface area contributed by atoms with Gasteiger partial charge in [-0.1, -0.05) is 35.4 Å². The lowest BCUT2D eigenvalue weighted by Gasteiger charge is -2.29. The number of rotatable bonds is 8. The number of alkyl halides is 1. The third-order valence-electron chi connectivity index (χ3n) is 3.19. The van der Waals surface area contributed by atoms with Gasteiger partial charge < -0.3 is 14.8 Å². The molecule has 0 bridgehead atoms. The summed E-state index contributed by atoms with van der Waals surface area (Å²) in [6, 6.07) is 0. The summed E-state index contributed by atoms with van der Waals surface area (Å²) in [6.45, 7) is 8.86. The molecule has 0 heterocycles. The first kappa shape index (κ1) is 18.0. The Morgan fingerprint density at radius 1 is 1.30 bits per heavy atom. The molecular weight excluding hydrogens is 369 g/mol. The molecule has 1 aliphatic rings. The van der Waals surface area contributed by atoms with E-state index in [4.69, 9.17) is 9.47 Å². The number of alkyl carbamates (subject to hydrolysis) is 1. The Balaban J connectivity index is 2.22. The van der Waals surface area contributed by atoms with Crippen LogP contribution >= 0.6 is 22.6 Å². The van der Waals surface area contributed by atoms with Crippen LogP contribution in [0.25, 0.3) is 0 Å². The van der Waals surface area contributed by atoms with Gasteiger partial charge in [0.25, 0.3) is 0 Å². The second kappa shape index (κ2) is 7.82. The highest BCUT2D eigenvalue weighted by atomic mass is 127. The summed E-state index contributed by atoms with van der Waals surface area (Å²) in [6.07, 6.45) is 4.79. The summed E-state index contributed by atoms with van der Waals surface area (Å²) in [7, 11) is 0. The Hall–Kier alpha value is -0.0400. The minimum atomic E-state index is -0.462. The second-order valence-corrected chi connectivity index (χ2v) is 7.64. The van der Waals surface area contributed by atoms with Crippen molar-refractivity contribution in [1.29, 1.82) is 0 Å². The van der Waals surface area contributed by atoms with Crippen LogP contribution in [0.1, 0.15) is 53.4 Å². The van der Waals surface area contributed by atoms with Gasteiger partial charge in [-0.2, -0.15) is 0 Å². The lowest BCUT2D eigenvalue weighted by molar-refractivity contribution is -0.0157. The molecule has 0 aliphatic heterocycles. The topological polar surface area (TPSA) is 47.6 Å². The van der Waals surface area contributed by atoms with Crippen molar-refractivity contribution in [1.82, 2.24) is 5.32 Å². The van der Waals surface area contributed by atoms with Gasteiger partial charge in [-0.3, -0.25) is 0 Å². The molecule has 0 aromatic heterocycles. The van der Waals surface area contributed by atoms with E-state index in [0.717, 1.165) is 23.4 Å². The van der Waals surface area contributed by atoms with Crippen LogP contribution in [0.2, 0.25) is 0 Å². The fraction of sp³-hybridized carbons (Fsp3) is 0.933. The molecule has 1 aliphatic carbocycles. The average Bonchev–Trinajstić information content (AvgIpc) is 3.14. The Kier molecular flexibility index (Phi) is 7.04. The van der Waals surface area contributed by atoms with Crippen molar-refractivity contribution in [2.24, 2.45) is 5.92 Å². The van der Waals surface area contributed by atoms with Crippen LogP contribution in [0.5, 0.6) is 0 Å². The van der Waals surface area contributed by atoms with E-state index in [1.54, 1.807) is 0 Å². The molecule has 0 aromatic rings. The number of hydrogen-bond acceptors (Lipinski definition) is 3. The summed E-state index contributed by atoms with van der Waals surface area (Å²) in [5, 5.41) is 2.80. The molecule has 1 unspecified atom stereocenters. The Morgan fingerprint density at radius 2 is 1.95 bits per heavy atom. The molecular formula is C15H28INO3. The first-order valence-electron chi connectivity index (χ1n) is 7.41. The Labute approximate surface area is 136 Å². The van der Waals surface area contributed by atoms with Crippen LogP contribution in [0, 0.1) is 5.92 Å². The second-order valence-electron chi connectivity index (χ2n) is 6.87. The number of nitrogens with one attached hydrogen (secondary N) is 1. The lowest BCUT2D eigenvalue weighted by atomic mass is 10.1. The van der Waals surface area contributed by atoms with Crippen LogP contribution in [-0.4, -0.2) is 34.9 Å². The van der Waals surface area contributed by atoms with Gasteiger partial charge in [-0.25, -0.2) is 4.79 Å². The molecule has 1 fully saturated rings. The zero-order chi connectivity index (χ0) is 15.2. The molecule has 5 heteroatoms.